The number of anilines is 2. The van der Waals surface area contributed by atoms with Crippen molar-refractivity contribution >= 4 is 28.9 Å². The van der Waals surface area contributed by atoms with Gasteiger partial charge in [0.05, 0.1) is 5.56 Å². The van der Waals surface area contributed by atoms with Crippen LogP contribution < -0.4 is 16.4 Å². The predicted molar refractivity (Wildman–Crippen MR) is 83.0 cm³/mol. The lowest BCUT2D eigenvalue weighted by Crippen LogP contribution is -2.19. The van der Waals surface area contributed by atoms with E-state index in [1.807, 2.05) is 24.3 Å². The first-order chi connectivity index (χ1) is 9.60. The Hall–Kier alpha value is -2.20. The SMILES string of the molecule is CNC(=O)c1ccc(N)cc1NCc1cccc(Cl)c1. The van der Waals surface area contributed by atoms with E-state index in [2.05, 4.69) is 10.6 Å². The molecule has 0 heterocycles. The number of nitrogens with two attached hydrogens (primary N) is 1. The van der Waals surface area contributed by atoms with Crippen molar-refractivity contribution in [1.29, 1.82) is 0 Å². The van der Waals surface area contributed by atoms with Crippen LogP contribution in [0.3, 0.4) is 0 Å². The lowest BCUT2D eigenvalue weighted by atomic mass is 10.1. The summed E-state index contributed by atoms with van der Waals surface area (Å²) in [7, 11) is 1.60. The number of carbonyl (C=O) groups excluding carboxylic acids is 1. The van der Waals surface area contributed by atoms with Crippen molar-refractivity contribution in [3.05, 3.63) is 58.6 Å². The summed E-state index contributed by atoms with van der Waals surface area (Å²) in [5.41, 5.74) is 8.66. The number of hydrogen-bond acceptors (Lipinski definition) is 3. The molecule has 104 valence electrons. The zero-order valence-electron chi connectivity index (χ0n) is 11.1. The van der Waals surface area contributed by atoms with Gasteiger partial charge in [0.25, 0.3) is 5.91 Å². The molecule has 0 aromatic heterocycles. The Balaban J connectivity index is 2.20. The molecule has 2 rings (SSSR count). The van der Waals surface area contributed by atoms with Gasteiger partial charge in [0.15, 0.2) is 0 Å². The molecule has 0 aliphatic heterocycles. The van der Waals surface area contributed by atoms with Crippen LogP contribution in [0.2, 0.25) is 5.02 Å². The summed E-state index contributed by atoms with van der Waals surface area (Å²) in [4.78, 5) is 11.8. The van der Waals surface area contributed by atoms with Crippen LogP contribution in [-0.2, 0) is 6.54 Å². The standard InChI is InChI=1S/C15H16ClN3O/c1-18-15(20)13-6-5-12(17)8-14(13)19-9-10-3-2-4-11(16)7-10/h2-8,19H,9,17H2,1H3,(H,18,20). The Morgan fingerprint density at radius 1 is 1.25 bits per heavy atom. The summed E-state index contributed by atoms with van der Waals surface area (Å²) < 4.78 is 0. The number of amides is 1. The number of nitrogens with one attached hydrogen (secondary N) is 2. The third-order valence-electron chi connectivity index (χ3n) is 2.89. The fourth-order valence-corrected chi connectivity index (χ4v) is 2.10. The molecule has 0 atom stereocenters. The molecule has 0 aliphatic rings. The molecule has 20 heavy (non-hydrogen) atoms. The second-order valence-corrected chi connectivity index (χ2v) is 4.80. The molecule has 0 bridgehead atoms. The maximum absolute atomic E-state index is 11.8. The Bertz CT molecular complexity index is 628. The Morgan fingerprint density at radius 3 is 2.75 bits per heavy atom. The molecule has 0 spiro atoms. The second kappa shape index (κ2) is 6.30. The van der Waals surface area contributed by atoms with Crippen LogP contribution in [0.15, 0.2) is 42.5 Å². The molecule has 2 aromatic carbocycles. The predicted octanol–water partition coefficient (Wildman–Crippen LogP) is 2.89. The van der Waals surface area contributed by atoms with Crippen LogP contribution in [-0.4, -0.2) is 13.0 Å². The Kier molecular flexibility index (Phi) is 4.48. The van der Waals surface area contributed by atoms with Crippen molar-refractivity contribution in [3.8, 4) is 0 Å². The van der Waals surface area contributed by atoms with Gasteiger partial charge in [-0.2, -0.15) is 0 Å². The first-order valence-electron chi connectivity index (χ1n) is 6.20. The average Bonchev–Trinajstić information content (AvgIpc) is 2.44. The fourth-order valence-electron chi connectivity index (χ4n) is 1.89. The van der Waals surface area contributed by atoms with Crippen molar-refractivity contribution in [1.82, 2.24) is 5.32 Å². The number of benzene rings is 2. The maximum atomic E-state index is 11.8. The molecule has 4 nitrogen and oxygen atoms in total. The smallest absolute Gasteiger partial charge is 0.253 e. The largest absolute Gasteiger partial charge is 0.399 e. The van der Waals surface area contributed by atoms with E-state index >= 15 is 0 Å². The quantitative estimate of drug-likeness (QED) is 0.758. The fraction of sp³-hybridized carbons (Fsp3) is 0.133. The van der Waals surface area contributed by atoms with E-state index < -0.39 is 0 Å². The molecule has 0 fully saturated rings. The van der Waals surface area contributed by atoms with E-state index in [-0.39, 0.29) is 5.91 Å². The van der Waals surface area contributed by atoms with E-state index in [1.54, 1.807) is 25.2 Å². The van der Waals surface area contributed by atoms with Gasteiger partial charge >= 0.3 is 0 Å². The highest BCUT2D eigenvalue weighted by molar-refractivity contribution is 6.30. The summed E-state index contributed by atoms with van der Waals surface area (Å²) >= 11 is 5.94. The van der Waals surface area contributed by atoms with Gasteiger partial charge in [-0.3, -0.25) is 4.79 Å². The molecule has 2 aromatic rings. The summed E-state index contributed by atoms with van der Waals surface area (Å²) in [5, 5.41) is 6.50. The van der Waals surface area contributed by atoms with Gasteiger partial charge in [0.1, 0.15) is 0 Å². The minimum Gasteiger partial charge on any atom is -0.399 e. The van der Waals surface area contributed by atoms with Crippen LogP contribution in [0.5, 0.6) is 0 Å². The number of hydrogen-bond donors (Lipinski definition) is 3. The molecule has 4 N–H and O–H groups in total. The van der Waals surface area contributed by atoms with Crippen molar-refractivity contribution in [2.45, 2.75) is 6.54 Å². The van der Waals surface area contributed by atoms with E-state index in [9.17, 15) is 4.79 Å². The average molecular weight is 290 g/mol. The van der Waals surface area contributed by atoms with Crippen molar-refractivity contribution in [3.63, 3.8) is 0 Å². The van der Waals surface area contributed by atoms with Crippen LogP contribution in [0.4, 0.5) is 11.4 Å². The van der Waals surface area contributed by atoms with Gasteiger partial charge in [-0.1, -0.05) is 23.7 Å². The van der Waals surface area contributed by atoms with Crippen molar-refractivity contribution in [2.24, 2.45) is 0 Å². The highest BCUT2D eigenvalue weighted by Gasteiger charge is 2.10. The van der Waals surface area contributed by atoms with Gasteiger partial charge in [-0.15, -0.1) is 0 Å². The molecule has 0 unspecified atom stereocenters. The Labute approximate surface area is 122 Å². The summed E-state index contributed by atoms with van der Waals surface area (Å²) in [6.07, 6.45) is 0. The molecule has 0 saturated carbocycles. The van der Waals surface area contributed by atoms with Crippen LogP contribution in [0.25, 0.3) is 0 Å². The molecular weight excluding hydrogens is 274 g/mol. The molecule has 1 amide bonds. The highest BCUT2D eigenvalue weighted by atomic mass is 35.5. The van der Waals surface area contributed by atoms with Gasteiger partial charge in [0, 0.05) is 30.0 Å². The minimum atomic E-state index is -0.154. The van der Waals surface area contributed by atoms with Crippen molar-refractivity contribution < 1.29 is 4.79 Å². The number of rotatable bonds is 4. The molecule has 0 radical (unpaired) electrons. The van der Waals surface area contributed by atoms with Crippen LogP contribution >= 0.6 is 11.6 Å². The van der Waals surface area contributed by atoms with E-state index in [4.69, 9.17) is 17.3 Å². The molecule has 0 saturated heterocycles. The molecule has 5 heteroatoms. The summed E-state index contributed by atoms with van der Waals surface area (Å²) in [5.74, 6) is -0.154. The van der Waals surface area contributed by atoms with Gasteiger partial charge in [-0.05, 0) is 35.9 Å². The van der Waals surface area contributed by atoms with E-state index in [1.165, 1.54) is 0 Å². The van der Waals surface area contributed by atoms with E-state index in [0.29, 0.717) is 28.5 Å². The van der Waals surface area contributed by atoms with Crippen LogP contribution in [0.1, 0.15) is 15.9 Å². The number of nitrogen functional groups attached to an aromatic ring is 1. The summed E-state index contributed by atoms with van der Waals surface area (Å²) in [6, 6.07) is 12.7. The summed E-state index contributed by atoms with van der Waals surface area (Å²) in [6.45, 7) is 0.563. The number of halogens is 1. The minimum absolute atomic E-state index is 0.154. The van der Waals surface area contributed by atoms with Gasteiger partial charge < -0.3 is 16.4 Å². The lowest BCUT2D eigenvalue weighted by Gasteiger charge is -2.12. The van der Waals surface area contributed by atoms with Gasteiger partial charge in [-0.25, -0.2) is 0 Å². The first-order valence-corrected chi connectivity index (χ1v) is 6.58. The zero-order valence-corrected chi connectivity index (χ0v) is 11.9. The normalized spacial score (nSPS) is 10.1. The zero-order chi connectivity index (χ0) is 14.5. The molecular formula is C15H16ClN3O. The number of carbonyl (C=O) groups is 1. The van der Waals surface area contributed by atoms with Crippen molar-refractivity contribution in [2.75, 3.05) is 18.1 Å². The lowest BCUT2D eigenvalue weighted by molar-refractivity contribution is 0.0964. The Morgan fingerprint density at radius 2 is 2.05 bits per heavy atom. The third-order valence-corrected chi connectivity index (χ3v) is 3.12. The second-order valence-electron chi connectivity index (χ2n) is 4.37. The highest BCUT2D eigenvalue weighted by Crippen LogP contribution is 2.20. The van der Waals surface area contributed by atoms with Gasteiger partial charge in [0.2, 0.25) is 0 Å². The van der Waals surface area contributed by atoms with Crippen LogP contribution in [0, 0.1) is 0 Å². The maximum Gasteiger partial charge on any atom is 0.253 e. The topological polar surface area (TPSA) is 67.2 Å². The third kappa shape index (κ3) is 3.42. The first kappa shape index (κ1) is 14.2. The van der Waals surface area contributed by atoms with E-state index in [0.717, 1.165) is 5.56 Å². The monoisotopic (exact) mass is 289 g/mol. The molecule has 0 aliphatic carbocycles.